The molecule has 6 nitrogen and oxygen atoms in total. The first kappa shape index (κ1) is 14.0. The van der Waals surface area contributed by atoms with E-state index in [4.69, 9.17) is 9.84 Å². The van der Waals surface area contributed by atoms with Crippen molar-refractivity contribution in [1.82, 2.24) is 15.0 Å². The number of carbonyl (C=O) groups is 1. The Morgan fingerprint density at radius 2 is 2.05 bits per heavy atom. The third kappa shape index (κ3) is 3.57. The summed E-state index contributed by atoms with van der Waals surface area (Å²) in [6.07, 6.45) is 1.34. The summed E-state index contributed by atoms with van der Waals surface area (Å²) in [6, 6.07) is 7.33. The molecule has 0 amide bonds. The number of aliphatic carboxylic acids is 1. The molecule has 0 unspecified atom stereocenters. The van der Waals surface area contributed by atoms with Gasteiger partial charge in [0.2, 0.25) is 0 Å². The SMILES string of the molecule is CC(C)COc1ccc(-n2nncc2CC(=O)O)cc1. The Kier molecular flexibility index (Phi) is 4.34. The highest BCUT2D eigenvalue weighted by Crippen LogP contribution is 2.16. The molecule has 0 bridgehead atoms. The normalized spacial score (nSPS) is 10.8. The maximum atomic E-state index is 10.8. The van der Waals surface area contributed by atoms with Crippen LogP contribution < -0.4 is 4.74 Å². The second-order valence-electron chi connectivity index (χ2n) is 4.91. The van der Waals surface area contributed by atoms with Crippen LogP contribution in [0.25, 0.3) is 5.69 Å². The van der Waals surface area contributed by atoms with E-state index in [1.807, 2.05) is 24.3 Å². The average molecular weight is 275 g/mol. The van der Waals surface area contributed by atoms with Crippen LogP contribution in [0.5, 0.6) is 5.75 Å². The Morgan fingerprint density at radius 3 is 2.65 bits per heavy atom. The van der Waals surface area contributed by atoms with Crippen molar-refractivity contribution < 1.29 is 14.6 Å². The maximum Gasteiger partial charge on any atom is 0.309 e. The summed E-state index contributed by atoms with van der Waals surface area (Å²) in [5.74, 6) is 0.333. The minimum absolute atomic E-state index is 0.112. The second kappa shape index (κ2) is 6.18. The van der Waals surface area contributed by atoms with Crippen LogP contribution in [0.4, 0.5) is 0 Å². The monoisotopic (exact) mass is 275 g/mol. The van der Waals surface area contributed by atoms with Gasteiger partial charge in [-0.1, -0.05) is 19.1 Å². The fourth-order valence-corrected chi connectivity index (χ4v) is 1.70. The van der Waals surface area contributed by atoms with Crippen molar-refractivity contribution in [1.29, 1.82) is 0 Å². The van der Waals surface area contributed by atoms with Gasteiger partial charge in [-0.15, -0.1) is 5.10 Å². The molecule has 0 saturated carbocycles. The maximum absolute atomic E-state index is 10.8. The van der Waals surface area contributed by atoms with Crippen molar-refractivity contribution in [3.8, 4) is 11.4 Å². The number of aromatic nitrogens is 3. The van der Waals surface area contributed by atoms with E-state index in [9.17, 15) is 4.79 Å². The molecule has 20 heavy (non-hydrogen) atoms. The molecule has 0 radical (unpaired) electrons. The van der Waals surface area contributed by atoms with Crippen molar-refractivity contribution in [2.75, 3.05) is 6.61 Å². The van der Waals surface area contributed by atoms with E-state index >= 15 is 0 Å². The number of hydrogen-bond acceptors (Lipinski definition) is 4. The first-order chi connectivity index (χ1) is 9.56. The number of carboxylic acids is 1. The molecule has 0 spiro atoms. The lowest BCUT2D eigenvalue weighted by molar-refractivity contribution is -0.136. The molecular weight excluding hydrogens is 258 g/mol. The average Bonchev–Trinajstić information content (AvgIpc) is 2.84. The van der Waals surface area contributed by atoms with Gasteiger partial charge in [-0.2, -0.15) is 0 Å². The van der Waals surface area contributed by atoms with Crippen LogP contribution >= 0.6 is 0 Å². The van der Waals surface area contributed by atoms with Crippen molar-refractivity contribution >= 4 is 5.97 Å². The highest BCUT2D eigenvalue weighted by Gasteiger charge is 2.10. The van der Waals surface area contributed by atoms with Crippen LogP contribution in [0, 0.1) is 5.92 Å². The summed E-state index contributed by atoms with van der Waals surface area (Å²) < 4.78 is 7.11. The zero-order valence-corrected chi connectivity index (χ0v) is 11.5. The van der Waals surface area contributed by atoms with E-state index < -0.39 is 5.97 Å². The van der Waals surface area contributed by atoms with Crippen LogP contribution in [-0.4, -0.2) is 32.7 Å². The molecular formula is C14H17N3O3. The van der Waals surface area contributed by atoms with E-state index in [-0.39, 0.29) is 6.42 Å². The van der Waals surface area contributed by atoms with Crippen molar-refractivity contribution in [2.24, 2.45) is 5.92 Å². The summed E-state index contributed by atoms with van der Waals surface area (Å²) in [6.45, 7) is 4.83. The minimum Gasteiger partial charge on any atom is -0.493 e. The summed E-state index contributed by atoms with van der Waals surface area (Å²) in [7, 11) is 0. The number of rotatable bonds is 6. The van der Waals surface area contributed by atoms with Gasteiger partial charge >= 0.3 is 5.97 Å². The molecule has 1 aromatic heterocycles. The van der Waals surface area contributed by atoms with Crippen LogP contribution in [0.3, 0.4) is 0 Å². The summed E-state index contributed by atoms with van der Waals surface area (Å²) in [4.78, 5) is 10.8. The quantitative estimate of drug-likeness (QED) is 0.871. The number of hydrogen-bond donors (Lipinski definition) is 1. The molecule has 6 heteroatoms. The molecule has 0 aliphatic carbocycles. The minimum atomic E-state index is -0.912. The Hall–Kier alpha value is -2.37. The van der Waals surface area contributed by atoms with Gasteiger partial charge in [-0.05, 0) is 30.2 Å². The molecule has 2 aromatic rings. The van der Waals surface area contributed by atoms with Gasteiger partial charge in [-0.25, -0.2) is 4.68 Å². The first-order valence-corrected chi connectivity index (χ1v) is 6.41. The molecule has 2 rings (SSSR count). The lowest BCUT2D eigenvalue weighted by Crippen LogP contribution is -2.08. The molecule has 0 atom stereocenters. The van der Waals surface area contributed by atoms with Crippen LogP contribution in [0.1, 0.15) is 19.5 Å². The third-order valence-electron chi connectivity index (χ3n) is 2.62. The zero-order valence-electron chi connectivity index (χ0n) is 11.5. The molecule has 1 aromatic carbocycles. The van der Waals surface area contributed by atoms with Crippen LogP contribution in [0.2, 0.25) is 0 Å². The smallest absolute Gasteiger partial charge is 0.309 e. The van der Waals surface area contributed by atoms with E-state index in [2.05, 4.69) is 24.2 Å². The molecule has 1 heterocycles. The lowest BCUT2D eigenvalue weighted by atomic mass is 10.2. The van der Waals surface area contributed by atoms with Gasteiger partial charge in [0.05, 0.1) is 30.6 Å². The fraction of sp³-hybridized carbons (Fsp3) is 0.357. The number of nitrogens with zero attached hydrogens (tertiary/aromatic N) is 3. The number of benzene rings is 1. The Balaban J connectivity index is 2.13. The Bertz CT molecular complexity index is 576. The molecule has 0 aliphatic heterocycles. The van der Waals surface area contributed by atoms with Gasteiger partial charge in [0.25, 0.3) is 0 Å². The summed E-state index contributed by atoms with van der Waals surface area (Å²) >= 11 is 0. The highest BCUT2D eigenvalue weighted by atomic mass is 16.5. The molecule has 0 saturated heterocycles. The van der Waals surface area contributed by atoms with E-state index in [0.717, 1.165) is 11.4 Å². The number of ether oxygens (including phenoxy) is 1. The molecule has 1 N–H and O–H groups in total. The topological polar surface area (TPSA) is 77.2 Å². The Morgan fingerprint density at radius 1 is 1.35 bits per heavy atom. The van der Waals surface area contributed by atoms with Crippen molar-refractivity contribution in [3.63, 3.8) is 0 Å². The third-order valence-corrected chi connectivity index (χ3v) is 2.62. The van der Waals surface area contributed by atoms with Gasteiger partial charge < -0.3 is 9.84 Å². The molecule has 0 fully saturated rings. The highest BCUT2D eigenvalue weighted by molar-refractivity contribution is 5.69. The van der Waals surface area contributed by atoms with E-state index in [1.54, 1.807) is 0 Å². The largest absolute Gasteiger partial charge is 0.493 e. The van der Waals surface area contributed by atoms with Gasteiger partial charge in [0.1, 0.15) is 5.75 Å². The molecule has 106 valence electrons. The first-order valence-electron chi connectivity index (χ1n) is 6.41. The zero-order chi connectivity index (χ0) is 14.5. The van der Waals surface area contributed by atoms with Crippen molar-refractivity contribution in [2.45, 2.75) is 20.3 Å². The standard InChI is InChI=1S/C14H17N3O3/c1-10(2)9-20-13-5-3-11(4-6-13)17-12(7-14(18)19)8-15-16-17/h3-6,8,10H,7,9H2,1-2H3,(H,18,19). The molecule has 0 aliphatic rings. The van der Waals surface area contributed by atoms with Crippen LogP contribution in [0.15, 0.2) is 30.5 Å². The van der Waals surface area contributed by atoms with Gasteiger partial charge in [-0.3, -0.25) is 4.79 Å². The summed E-state index contributed by atoms with van der Waals surface area (Å²) in [5, 5.41) is 16.5. The van der Waals surface area contributed by atoms with Gasteiger partial charge in [0, 0.05) is 0 Å². The van der Waals surface area contributed by atoms with Crippen molar-refractivity contribution in [3.05, 3.63) is 36.2 Å². The fourth-order valence-electron chi connectivity index (χ4n) is 1.70. The number of carboxylic acid groups (broad SMARTS) is 1. The second-order valence-corrected chi connectivity index (χ2v) is 4.91. The van der Waals surface area contributed by atoms with Crippen LogP contribution in [-0.2, 0) is 11.2 Å². The lowest BCUT2D eigenvalue weighted by Gasteiger charge is -2.09. The Labute approximate surface area is 117 Å². The predicted octanol–water partition coefficient (Wildman–Crippen LogP) is 1.93. The van der Waals surface area contributed by atoms with E-state index in [1.165, 1.54) is 10.9 Å². The van der Waals surface area contributed by atoms with E-state index in [0.29, 0.717) is 18.2 Å². The van der Waals surface area contributed by atoms with Gasteiger partial charge in [0.15, 0.2) is 0 Å². The summed E-state index contributed by atoms with van der Waals surface area (Å²) in [5.41, 5.74) is 1.30. The predicted molar refractivity (Wildman–Crippen MR) is 73.0 cm³/mol.